The summed E-state index contributed by atoms with van der Waals surface area (Å²) in [4.78, 5) is 15.6. The van der Waals surface area contributed by atoms with Gasteiger partial charge in [-0.05, 0) is 64.2 Å². The summed E-state index contributed by atoms with van der Waals surface area (Å²) in [6.07, 6.45) is 4.35. The van der Waals surface area contributed by atoms with E-state index < -0.39 is 0 Å². The highest BCUT2D eigenvalue weighted by molar-refractivity contribution is 7.80. The Morgan fingerprint density at radius 2 is 2.00 bits per heavy atom. The summed E-state index contributed by atoms with van der Waals surface area (Å²) in [5, 5.41) is 4.84. The summed E-state index contributed by atoms with van der Waals surface area (Å²) in [5.74, 6) is -0.295. The molecule has 1 fully saturated rings. The molecule has 0 amide bonds. The van der Waals surface area contributed by atoms with Gasteiger partial charge in [-0.2, -0.15) is 0 Å². The summed E-state index contributed by atoms with van der Waals surface area (Å²) >= 11 is 7.23. The Bertz CT molecular complexity index is 588. The first-order valence-electron chi connectivity index (χ1n) is 8.20. The van der Waals surface area contributed by atoms with Crippen LogP contribution < -0.4 is 5.32 Å². The van der Waals surface area contributed by atoms with Crippen LogP contribution in [0.25, 0.3) is 0 Å². The maximum Gasteiger partial charge on any atom is 0.341 e. The van der Waals surface area contributed by atoms with Gasteiger partial charge in [0.05, 0.1) is 12.7 Å². The lowest BCUT2D eigenvalue weighted by Gasteiger charge is -2.40. The number of hydrogen-bond acceptors (Lipinski definition) is 4. The zero-order valence-electron chi connectivity index (χ0n) is 14.6. The van der Waals surface area contributed by atoms with Crippen LogP contribution in [-0.4, -0.2) is 35.2 Å². The number of carbonyl (C=O) groups is 1. The molecule has 0 spiro atoms. The predicted octanol–water partition coefficient (Wildman–Crippen LogP) is 4.37. The minimum absolute atomic E-state index is 0.295. The van der Waals surface area contributed by atoms with Gasteiger partial charge in [0.15, 0.2) is 5.11 Å². The van der Waals surface area contributed by atoms with Gasteiger partial charge < -0.3 is 15.0 Å². The molecule has 0 bridgehead atoms. The first-order chi connectivity index (χ1) is 10.9. The Hall–Kier alpha value is -1.14. The molecule has 128 valence electrons. The fourth-order valence-corrected chi connectivity index (χ4v) is 5.05. The fraction of sp³-hybridized carbons (Fsp3) is 0.647. The molecule has 0 unspecified atom stereocenters. The lowest BCUT2D eigenvalue weighted by molar-refractivity contribution is 0.0601. The maximum atomic E-state index is 12.2. The van der Waals surface area contributed by atoms with Crippen LogP contribution in [0, 0.1) is 6.92 Å². The summed E-state index contributed by atoms with van der Waals surface area (Å²) in [5.41, 5.74) is 1.68. The van der Waals surface area contributed by atoms with Gasteiger partial charge in [0, 0.05) is 17.0 Å². The number of nitrogens with one attached hydrogen (secondary N) is 1. The minimum Gasteiger partial charge on any atom is -0.465 e. The second kappa shape index (κ2) is 7.62. The molecule has 23 heavy (non-hydrogen) atoms. The predicted molar refractivity (Wildman–Crippen MR) is 101 cm³/mol. The molecular formula is C17H26N2O2S2. The van der Waals surface area contributed by atoms with E-state index in [0.717, 1.165) is 34.7 Å². The van der Waals surface area contributed by atoms with Gasteiger partial charge in [-0.25, -0.2) is 4.79 Å². The molecule has 4 nitrogen and oxygen atoms in total. The summed E-state index contributed by atoms with van der Waals surface area (Å²) in [6, 6.07) is 0.846. The number of anilines is 1. The molecule has 2 atom stereocenters. The van der Waals surface area contributed by atoms with Crippen LogP contribution in [0.15, 0.2) is 0 Å². The lowest BCUT2D eigenvalue weighted by Crippen LogP contribution is -2.49. The zero-order valence-corrected chi connectivity index (χ0v) is 16.2. The van der Waals surface area contributed by atoms with Gasteiger partial charge in [0.2, 0.25) is 0 Å². The quantitative estimate of drug-likeness (QED) is 0.645. The second-order valence-corrected chi connectivity index (χ2v) is 7.76. The lowest BCUT2D eigenvalue weighted by atomic mass is 9.98. The number of thiocarbonyl (C=S) groups is 1. The number of likely N-dealkylation sites (tertiary alicyclic amines) is 1. The SMILES string of the molecule is CCc1c(C)sc(NC(=S)N2[C@@H](C)CCC[C@@H]2C)c1C(=O)OC. The molecule has 0 saturated carbocycles. The number of piperidine rings is 1. The highest BCUT2D eigenvalue weighted by Gasteiger charge is 2.29. The van der Waals surface area contributed by atoms with E-state index in [-0.39, 0.29) is 5.97 Å². The molecule has 1 saturated heterocycles. The summed E-state index contributed by atoms with van der Waals surface area (Å²) < 4.78 is 4.97. The first kappa shape index (κ1) is 18.2. The summed E-state index contributed by atoms with van der Waals surface area (Å²) in [7, 11) is 1.42. The normalized spacial score (nSPS) is 21.2. The smallest absolute Gasteiger partial charge is 0.341 e. The third-order valence-electron chi connectivity index (χ3n) is 4.60. The highest BCUT2D eigenvalue weighted by Crippen LogP contribution is 2.35. The van der Waals surface area contributed by atoms with E-state index in [1.165, 1.54) is 13.5 Å². The summed E-state index contributed by atoms with van der Waals surface area (Å²) in [6.45, 7) is 8.51. The number of esters is 1. The number of nitrogens with zero attached hydrogens (tertiary/aromatic N) is 1. The molecule has 2 heterocycles. The van der Waals surface area contributed by atoms with Crippen molar-refractivity contribution in [3.05, 3.63) is 16.0 Å². The Labute approximate surface area is 148 Å². The van der Waals surface area contributed by atoms with E-state index in [0.29, 0.717) is 22.8 Å². The molecule has 1 N–H and O–H groups in total. The molecule has 1 aliphatic heterocycles. The molecule has 1 aromatic heterocycles. The third kappa shape index (κ3) is 3.69. The van der Waals surface area contributed by atoms with Crippen molar-refractivity contribution in [2.75, 3.05) is 12.4 Å². The van der Waals surface area contributed by atoms with E-state index in [1.807, 2.05) is 6.92 Å². The average Bonchev–Trinajstić information content (AvgIpc) is 2.81. The van der Waals surface area contributed by atoms with Crippen LogP contribution in [0.2, 0.25) is 0 Å². The average molecular weight is 355 g/mol. The molecule has 0 radical (unpaired) electrons. The highest BCUT2D eigenvalue weighted by atomic mass is 32.1. The molecule has 0 aliphatic carbocycles. The fourth-order valence-electron chi connectivity index (χ4n) is 3.39. The van der Waals surface area contributed by atoms with Gasteiger partial charge in [0.1, 0.15) is 5.00 Å². The topological polar surface area (TPSA) is 41.6 Å². The molecular weight excluding hydrogens is 328 g/mol. The van der Waals surface area contributed by atoms with Crippen molar-refractivity contribution >= 4 is 39.6 Å². The number of aryl methyl sites for hydroxylation is 1. The monoisotopic (exact) mass is 354 g/mol. The van der Waals surface area contributed by atoms with Gasteiger partial charge in [0.25, 0.3) is 0 Å². The van der Waals surface area contributed by atoms with E-state index >= 15 is 0 Å². The Kier molecular flexibility index (Phi) is 6.03. The van der Waals surface area contributed by atoms with Gasteiger partial charge in [-0.1, -0.05) is 6.92 Å². The minimum atomic E-state index is -0.295. The van der Waals surface area contributed by atoms with Crippen molar-refractivity contribution in [1.29, 1.82) is 0 Å². The number of thiophene rings is 1. The molecule has 6 heteroatoms. The van der Waals surface area contributed by atoms with Crippen molar-refractivity contribution in [3.8, 4) is 0 Å². The van der Waals surface area contributed by atoms with E-state index in [4.69, 9.17) is 17.0 Å². The Balaban J connectivity index is 2.29. The van der Waals surface area contributed by atoms with Crippen LogP contribution in [0.5, 0.6) is 0 Å². The van der Waals surface area contributed by atoms with Crippen molar-refractivity contribution in [2.24, 2.45) is 0 Å². The number of methoxy groups -OCH3 is 1. The van der Waals surface area contributed by atoms with Crippen LogP contribution in [0.1, 0.15) is 60.8 Å². The number of hydrogen-bond donors (Lipinski definition) is 1. The van der Waals surface area contributed by atoms with Crippen molar-refractivity contribution < 1.29 is 9.53 Å². The van der Waals surface area contributed by atoms with Crippen LogP contribution >= 0.6 is 23.6 Å². The molecule has 2 rings (SSSR count). The molecule has 1 aliphatic rings. The Morgan fingerprint density at radius 3 is 2.52 bits per heavy atom. The number of carbonyl (C=O) groups excluding carboxylic acids is 1. The van der Waals surface area contributed by atoms with E-state index in [1.54, 1.807) is 11.3 Å². The van der Waals surface area contributed by atoms with Crippen molar-refractivity contribution in [3.63, 3.8) is 0 Å². The van der Waals surface area contributed by atoms with Gasteiger partial charge >= 0.3 is 5.97 Å². The van der Waals surface area contributed by atoms with Crippen LogP contribution in [0.3, 0.4) is 0 Å². The number of rotatable bonds is 3. The van der Waals surface area contributed by atoms with E-state index in [9.17, 15) is 4.79 Å². The zero-order chi connectivity index (χ0) is 17.1. The molecule has 1 aromatic rings. The van der Waals surface area contributed by atoms with Crippen LogP contribution in [-0.2, 0) is 11.2 Å². The third-order valence-corrected chi connectivity index (χ3v) is 5.98. The van der Waals surface area contributed by atoms with Crippen molar-refractivity contribution in [1.82, 2.24) is 4.90 Å². The van der Waals surface area contributed by atoms with Crippen molar-refractivity contribution in [2.45, 2.75) is 65.5 Å². The Morgan fingerprint density at radius 1 is 1.39 bits per heavy atom. The van der Waals surface area contributed by atoms with Gasteiger partial charge in [-0.3, -0.25) is 0 Å². The number of ether oxygens (including phenoxy) is 1. The standard InChI is InChI=1S/C17H26N2O2S2/c1-6-13-12(4)23-15(14(13)16(20)21-5)18-17(22)19-10(2)8-7-9-11(19)3/h10-11H,6-9H2,1-5H3,(H,18,22)/t10-,11-/m0/s1. The molecule has 0 aromatic carbocycles. The van der Waals surface area contributed by atoms with Crippen LogP contribution in [0.4, 0.5) is 5.00 Å². The maximum absolute atomic E-state index is 12.2. The van der Waals surface area contributed by atoms with E-state index in [2.05, 4.69) is 31.0 Å². The van der Waals surface area contributed by atoms with Gasteiger partial charge in [-0.15, -0.1) is 11.3 Å². The first-order valence-corrected chi connectivity index (χ1v) is 9.43. The second-order valence-electron chi connectivity index (χ2n) is 6.15. The largest absolute Gasteiger partial charge is 0.465 e.